The molecule has 0 bridgehead atoms. The Bertz CT molecular complexity index is 458. The highest BCUT2D eigenvalue weighted by atomic mass is 19.1. The number of hydrogen-bond acceptors (Lipinski definition) is 3. The lowest BCUT2D eigenvalue weighted by Gasteiger charge is -2.32. The Hall–Kier alpha value is -1.78. The number of carbonyl (C=O) groups excluding carboxylic acids is 1. The van der Waals surface area contributed by atoms with Crippen LogP contribution in [0.5, 0.6) is 5.75 Å². The molecule has 2 rings (SSSR count). The lowest BCUT2D eigenvalue weighted by atomic mass is 10.00. The lowest BCUT2D eigenvalue weighted by Crippen LogP contribution is -2.47. The molecule has 0 spiro atoms. The van der Waals surface area contributed by atoms with Crippen molar-refractivity contribution in [2.75, 3.05) is 17.7 Å². The maximum Gasteiger partial charge on any atom is 0.249 e. The van der Waals surface area contributed by atoms with Gasteiger partial charge in [0.1, 0.15) is 5.54 Å². The van der Waals surface area contributed by atoms with Crippen LogP contribution in [-0.4, -0.2) is 18.6 Å². The number of hydrogen-bond donors (Lipinski definition) is 2. The van der Waals surface area contributed by atoms with E-state index in [1.54, 1.807) is 13.8 Å². The summed E-state index contributed by atoms with van der Waals surface area (Å²) in [6, 6.07) is 2.78. The van der Waals surface area contributed by atoms with Crippen molar-refractivity contribution in [3.63, 3.8) is 0 Å². The van der Waals surface area contributed by atoms with Crippen LogP contribution < -0.4 is 15.4 Å². The quantitative estimate of drug-likeness (QED) is 0.766. The third-order valence-electron chi connectivity index (χ3n) is 2.55. The second kappa shape index (κ2) is 3.37. The van der Waals surface area contributed by atoms with Crippen LogP contribution in [0.25, 0.3) is 0 Å². The largest absolute Gasteiger partial charge is 0.494 e. The SMILES string of the molecule is COc1cc2c(cc1F)NC(=O)C(C)(C)N2. The molecule has 1 heterocycles. The number of rotatable bonds is 1. The average molecular weight is 224 g/mol. The minimum Gasteiger partial charge on any atom is -0.494 e. The second-order valence-electron chi connectivity index (χ2n) is 4.24. The van der Waals surface area contributed by atoms with Gasteiger partial charge in [-0.25, -0.2) is 4.39 Å². The number of nitrogens with one attached hydrogen (secondary N) is 2. The number of ether oxygens (including phenoxy) is 1. The highest BCUT2D eigenvalue weighted by Gasteiger charge is 2.33. The highest BCUT2D eigenvalue weighted by Crippen LogP contribution is 2.35. The first-order valence-corrected chi connectivity index (χ1v) is 4.91. The van der Waals surface area contributed by atoms with E-state index in [1.807, 2.05) is 0 Å². The molecule has 1 amide bonds. The van der Waals surface area contributed by atoms with Crippen molar-refractivity contribution in [1.29, 1.82) is 0 Å². The van der Waals surface area contributed by atoms with E-state index < -0.39 is 11.4 Å². The zero-order valence-corrected chi connectivity index (χ0v) is 9.35. The van der Waals surface area contributed by atoms with Gasteiger partial charge in [0, 0.05) is 12.1 Å². The third kappa shape index (κ3) is 1.58. The van der Waals surface area contributed by atoms with Gasteiger partial charge in [-0.15, -0.1) is 0 Å². The minimum atomic E-state index is -0.712. The molecule has 0 radical (unpaired) electrons. The van der Waals surface area contributed by atoms with Crippen LogP contribution in [0.1, 0.15) is 13.8 Å². The van der Waals surface area contributed by atoms with Crippen molar-refractivity contribution in [2.24, 2.45) is 0 Å². The van der Waals surface area contributed by atoms with E-state index in [2.05, 4.69) is 10.6 Å². The maximum atomic E-state index is 13.4. The average Bonchev–Trinajstić information content (AvgIpc) is 2.20. The van der Waals surface area contributed by atoms with E-state index in [4.69, 9.17) is 4.74 Å². The Kier molecular flexibility index (Phi) is 2.26. The van der Waals surface area contributed by atoms with Crippen molar-refractivity contribution in [2.45, 2.75) is 19.4 Å². The predicted molar refractivity (Wildman–Crippen MR) is 59.3 cm³/mol. The third-order valence-corrected chi connectivity index (χ3v) is 2.55. The van der Waals surface area contributed by atoms with Gasteiger partial charge >= 0.3 is 0 Å². The van der Waals surface area contributed by atoms with Crippen LogP contribution >= 0.6 is 0 Å². The summed E-state index contributed by atoms with van der Waals surface area (Å²) < 4.78 is 18.3. The zero-order chi connectivity index (χ0) is 11.9. The fourth-order valence-electron chi connectivity index (χ4n) is 1.59. The predicted octanol–water partition coefficient (Wildman–Crippen LogP) is 1.98. The highest BCUT2D eigenvalue weighted by molar-refractivity contribution is 6.05. The van der Waals surface area contributed by atoms with Crippen LogP contribution in [0.3, 0.4) is 0 Å². The van der Waals surface area contributed by atoms with Gasteiger partial charge in [0.25, 0.3) is 0 Å². The lowest BCUT2D eigenvalue weighted by molar-refractivity contribution is -0.119. The van der Waals surface area contributed by atoms with Crippen molar-refractivity contribution in [1.82, 2.24) is 0 Å². The fourth-order valence-corrected chi connectivity index (χ4v) is 1.59. The van der Waals surface area contributed by atoms with E-state index >= 15 is 0 Å². The molecule has 0 fully saturated rings. The summed E-state index contributed by atoms with van der Waals surface area (Å²) in [7, 11) is 1.40. The van der Waals surface area contributed by atoms with Gasteiger partial charge in [-0.3, -0.25) is 4.79 Å². The van der Waals surface area contributed by atoms with Crippen molar-refractivity contribution < 1.29 is 13.9 Å². The smallest absolute Gasteiger partial charge is 0.249 e. The number of fused-ring (bicyclic) bond motifs is 1. The molecule has 1 aromatic carbocycles. The molecule has 4 nitrogen and oxygen atoms in total. The number of carbonyl (C=O) groups is 1. The Morgan fingerprint density at radius 2 is 2.00 bits per heavy atom. The molecular formula is C11H13FN2O2. The number of methoxy groups -OCH3 is 1. The summed E-state index contributed by atoms with van der Waals surface area (Å²) in [5, 5.41) is 5.67. The van der Waals surface area contributed by atoms with Crippen molar-refractivity contribution in [3.8, 4) is 5.75 Å². The zero-order valence-electron chi connectivity index (χ0n) is 9.35. The maximum absolute atomic E-state index is 13.4. The Morgan fingerprint density at radius 1 is 1.31 bits per heavy atom. The topological polar surface area (TPSA) is 50.4 Å². The number of amides is 1. The normalized spacial score (nSPS) is 17.1. The number of benzene rings is 1. The van der Waals surface area contributed by atoms with Crippen LogP contribution in [-0.2, 0) is 4.79 Å². The van der Waals surface area contributed by atoms with E-state index in [0.29, 0.717) is 11.4 Å². The first kappa shape index (κ1) is 10.7. The molecule has 16 heavy (non-hydrogen) atoms. The monoisotopic (exact) mass is 224 g/mol. The molecular weight excluding hydrogens is 211 g/mol. The van der Waals surface area contributed by atoms with Gasteiger partial charge < -0.3 is 15.4 Å². The van der Waals surface area contributed by atoms with Crippen LogP contribution in [0.4, 0.5) is 15.8 Å². The first-order valence-electron chi connectivity index (χ1n) is 4.91. The summed E-state index contributed by atoms with van der Waals surface area (Å²) in [6.07, 6.45) is 0. The van der Waals surface area contributed by atoms with Crippen LogP contribution in [0.15, 0.2) is 12.1 Å². The van der Waals surface area contributed by atoms with E-state index in [1.165, 1.54) is 19.2 Å². The summed E-state index contributed by atoms with van der Waals surface area (Å²) in [6.45, 7) is 3.50. The molecule has 1 aliphatic rings. The van der Waals surface area contributed by atoms with E-state index in [9.17, 15) is 9.18 Å². The summed E-state index contributed by atoms with van der Waals surface area (Å²) in [5.74, 6) is -0.536. The summed E-state index contributed by atoms with van der Waals surface area (Å²) >= 11 is 0. The van der Waals surface area contributed by atoms with Gasteiger partial charge in [0.15, 0.2) is 11.6 Å². The molecule has 0 saturated heterocycles. The summed E-state index contributed by atoms with van der Waals surface area (Å²) in [4.78, 5) is 11.6. The summed E-state index contributed by atoms with van der Waals surface area (Å²) in [5.41, 5.74) is 0.376. The number of anilines is 2. The van der Waals surface area contributed by atoms with Crippen LogP contribution in [0.2, 0.25) is 0 Å². The molecule has 0 saturated carbocycles. The Morgan fingerprint density at radius 3 is 2.62 bits per heavy atom. The first-order chi connectivity index (χ1) is 7.44. The molecule has 1 aliphatic heterocycles. The van der Waals surface area contributed by atoms with Gasteiger partial charge in [-0.2, -0.15) is 0 Å². The minimum absolute atomic E-state index is 0.151. The van der Waals surface area contributed by atoms with Gasteiger partial charge in [-0.05, 0) is 13.8 Å². The standard InChI is InChI=1S/C11H13FN2O2/c1-11(2)10(15)13-7-4-6(12)9(16-3)5-8(7)14-11/h4-5,14H,1-3H3,(H,13,15). The molecule has 5 heteroatoms. The van der Waals surface area contributed by atoms with E-state index in [-0.39, 0.29) is 11.7 Å². The molecule has 0 unspecified atom stereocenters. The Balaban J connectivity index is 2.49. The molecule has 0 aromatic heterocycles. The van der Waals surface area contributed by atoms with Crippen molar-refractivity contribution >= 4 is 17.3 Å². The Labute approximate surface area is 92.8 Å². The molecule has 86 valence electrons. The molecule has 0 atom stereocenters. The second-order valence-corrected chi connectivity index (χ2v) is 4.24. The van der Waals surface area contributed by atoms with Gasteiger partial charge in [0.2, 0.25) is 5.91 Å². The number of halogens is 1. The van der Waals surface area contributed by atoms with Gasteiger partial charge in [0.05, 0.1) is 18.5 Å². The van der Waals surface area contributed by atoms with Gasteiger partial charge in [-0.1, -0.05) is 0 Å². The molecule has 1 aromatic rings. The van der Waals surface area contributed by atoms with E-state index in [0.717, 1.165) is 0 Å². The molecule has 0 aliphatic carbocycles. The molecule has 2 N–H and O–H groups in total. The fraction of sp³-hybridized carbons (Fsp3) is 0.364. The van der Waals surface area contributed by atoms with Crippen LogP contribution in [0, 0.1) is 5.82 Å². The van der Waals surface area contributed by atoms with Crippen molar-refractivity contribution in [3.05, 3.63) is 17.9 Å².